The highest BCUT2D eigenvalue weighted by Crippen LogP contribution is 2.17. The van der Waals surface area contributed by atoms with E-state index in [1.807, 2.05) is 6.07 Å². The zero-order chi connectivity index (χ0) is 13.2. The van der Waals surface area contributed by atoms with Gasteiger partial charge in [0.05, 0.1) is 23.5 Å². The summed E-state index contributed by atoms with van der Waals surface area (Å²) in [5.74, 6) is -1.17. The molecule has 2 aromatic heterocycles. The highest BCUT2D eigenvalue weighted by Gasteiger charge is 2.11. The summed E-state index contributed by atoms with van der Waals surface area (Å²) in [5.41, 5.74) is 1.32. The van der Waals surface area contributed by atoms with Gasteiger partial charge in [0, 0.05) is 17.3 Å². The quantitative estimate of drug-likeness (QED) is 0.739. The van der Waals surface area contributed by atoms with Crippen LogP contribution in [0.5, 0.6) is 0 Å². The summed E-state index contributed by atoms with van der Waals surface area (Å²) in [5, 5.41) is 10.3. The number of carbonyl (C=O) groups is 1. The van der Waals surface area contributed by atoms with Gasteiger partial charge in [0.1, 0.15) is 0 Å². The van der Waals surface area contributed by atoms with Crippen molar-refractivity contribution in [3.8, 4) is 0 Å². The molecule has 0 atom stereocenters. The van der Waals surface area contributed by atoms with Crippen LogP contribution in [0.2, 0.25) is 0 Å². The highest BCUT2D eigenvalue weighted by atomic mass is 19.1. The first-order chi connectivity index (χ1) is 9.24. The number of rotatable bonds is 2. The van der Waals surface area contributed by atoms with E-state index in [-0.39, 0.29) is 5.56 Å². The van der Waals surface area contributed by atoms with Crippen molar-refractivity contribution in [1.82, 2.24) is 15.2 Å². The Morgan fingerprint density at radius 3 is 3.00 bits per heavy atom. The van der Waals surface area contributed by atoms with Crippen LogP contribution in [0.15, 0.2) is 42.9 Å². The number of nitrogens with one attached hydrogen (secondary N) is 2. The second kappa shape index (κ2) is 4.49. The standard InChI is InChI=1S/C13H9FN4O/c14-11-7-15-4-3-10(11)13(19)17-9-2-1-8-6-16-18-12(8)5-9/h1-7H,(H,16,18)(H,17,19). The zero-order valence-corrected chi connectivity index (χ0v) is 9.72. The van der Waals surface area contributed by atoms with Crippen molar-refractivity contribution in [2.24, 2.45) is 0 Å². The van der Waals surface area contributed by atoms with Crippen LogP contribution >= 0.6 is 0 Å². The van der Waals surface area contributed by atoms with Gasteiger partial charge in [-0.3, -0.25) is 14.9 Å². The molecule has 0 aliphatic rings. The summed E-state index contributed by atoms with van der Waals surface area (Å²) < 4.78 is 13.4. The summed E-state index contributed by atoms with van der Waals surface area (Å²) in [6.07, 6.45) is 4.06. The Morgan fingerprint density at radius 1 is 1.26 bits per heavy atom. The monoisotopic (exact) mass is 256 g/mol. The Labute approximate surface area is 107 Å². The first kappa shape index (κ1) is 11.3. The lowest BCUT2D eigenvalue weighted by Gasteiger charge is -2.05. The second-order valence-electron chi connectivity index (χ2n) is 3.98. The minimum absolute atomic E-state index is 0.0419. The molecule has 0 aliphatic carbocycles. The van der Waals surface area contributed by atoms with Crippen LogP contribution in [0.4, 0.5) is 10.1 Å². The number of halogens is 1. The Bertz CT molecular complexity index is 753. The molecule has 0 unspecified atom stereocenters. The first-order valence-electron chi connectivity index (χ1n) is 5.58. The molecule has 5 nitrogen and oxygen atoms in total. The Balaban J connectivity index is 1.88. The molecule has 0 bridgehead atoms. The van der Waals surface area contributed by atoms with Crippen molar-refractivity contribution in [3.63, 3.8) is 0 Å². The molecule has 19 heavy (non-hydrogen) atoms. The van der Waals surface area contributed by atoms with Crippen molar-refractivity contribution in [3.05, 3.63) is 54.2 Å². The van der Waals surface area contributed by atoms with Crippen molar-refractivity contribution in [1.29, 1.82) is 0 Å². The fourth-order valence-electron chi connectivity index (χ4n) is 1.77. The van der Waals surface area contributed by atoms with Crippen molar-refractivity contribution in [2.75, 3.05) is 5.32 Å². The number of fused-ring (bicyclic) bond motifs is 1. The number of amides is 1. The maximum atomic E-state index is 13.4. The van der Waals surface area contributed by atoms with Crippen LogP contribution in [0.25, 0.3) is 10.9 Å². The maximum absolute atomic E-state index is 13.4. The average Bonchev–Trinajstić information content (AvgIpc) is 2.86. The van der Waals surface area contributed by atoms with E-state index in [9.17, 15) is 9.18 Å². The third kappa shape index (κ3) is 2.15. The molecule has 0 spiro atoms. The van der Waals surface area contributed by atoms with E-state index in [0.29, 0.717) is 5.69 Å². The number of nitrogens with zero attached hydrogens (tertiary/aromatic N) is 2. The second-order valence-corrected chi connectivity index (χ2v) is 3.98. The number of aromatic nitrogens is 3. The number of pyridine rings is 1. The van der Waals surface area contributed by atoms with Gasteiger partial charge in [-0.15, -0.1) is 0 Å². The van der Waals surface area contributed by atoms with Gasteiger partial charge in [0.2, 0.25) is 0 Å². The lowest BCUT2D eigenvalue weighted by Crippen LogP contribution is -2.13. The summed E-state index contributed by atoms with van der Waals surface area (Å²) in [4.78, 5) is 15.5. The van der Waals surface area contributed by atoms with E-state index in [0.717, 1.165) is 17.1 Å². The van der Waals surface area contributed by atoms with Crippen LogP contribution in [0.1, 0.15) is 10.4 Å². The molecule has 1 aromatic carbocycles. The third-order valence-corrected chi connectivity index (χ3v) is 2.72. The number of hydrogen-bond donors (Lipinski definition) is 2. The molecule has 6 heteroatoms. The number of aromatic amines is 1. The smallest absolute Gasteiger partial charge is 0.258 e. The summed E-state index contributed by atoms with van der Waals surface area (Å²) in [6, 6.07) is 6.62. The number of H-pyrrole nitrogens is 1. The Hall–Kier alpha value is -2.76. The lowest BCUT2D eigenvalue weighted by molar-refractivity contribution is 0.102. The maximum Gasteiger partial charge on any atom is 0.258 e. The SMILES string of the molecule is O=C(Nc1ccc2cn[nH]c2c1)c1ccncc1F. The Morgan fingerprint density at radius 2 is 2.16 bits per heavy atom. The molecule has 1 amide bonds. The van der Waals surface area contributed by atoms with Crippen LogP contribution in [-0.2, 0) is 0 Å². The number of anilines is 1. The van der Waals surface area contributed by atoms with E-state index in [4.69, 9.17) is 0 Å². The number of benzene rings is 1. The minimum Gasteiger partial charge on any atom is -0.322 e. The predicted molar refractivity (Wildman–Crippen MR) is 68.2 cm³/mol. The van der Waals surface area contributed by atoms with E-state index < -0.39 is 11.7 Å². The average molecular weight is 256 g/mol. The zero-order valence-electron chi connectivity index (χ0n) is 9.72. The molecular weight excluding hydrogens is 247 g/mol. The third-order valence-electron chi connectivity index (χ3n) is 2.72. The molecule has 0 radical (unpaired) electrons. The highest BCUT2D eigenvalue weighted by molar-refractivity contribution is 6.05. The van der Waals surface area contributed by atoms with E-state index in [2.05, 4.69) is 20.5 Å². The summed E-state index contributed by atoms with van der Waals surface area (Å²) >= 11 is 0. The molecule has 2 heterocycles. The lowest BCUT2D eigenvalue weighted by atomic mass is 10.2. The Kier molecular flexibility index (Phi) is 2.68. The van der Waals surface area contributed by atoms with Gasteiger partial charge in [-0.05, 0) is 24.3 Å². The number of hydrogen-bond acceptors (Lipinski definition) is 3. The fourth-order valence-corrected chi connectivity index (χ4v) is 1.77. The van der Waals surface area contributed by atoms with Crippen LogP contribution in [0.3, 0.4) is 0 Å². The molecule has 0 fully saturated rings. The van der Waals surface area contributed by atoms with Gasteiger partial charge in [0.15, 0.2) is 5.82 Å². The summed E-state index contributed by atoms with van der Waals surface area (Å²) in [6.45, 7) is 0. The minimum atomic E-state index is -0.650. The van der Waals surface area contributed by atoms with Gasteiger partial charge in [-0.25, -0.2) is 4.39 Å². The summed E-state index contributed by atoms with van der Waals surface area (Å²) in [7, 11) is 0. The molecule has 0 saturated carbocycles. The van der Waals surface area contributed by atoms with E-state index >= 15 is 0 Å². The molecule has 94 valence electrons. The predicted octanol–water partition coefficient (Wildman–Crippen LogP) is 2.35. The van der Waals surface area contributed by atoms with Crippen LogP contribution in [0, 0.1) is 5.82 Å². The van der Waals surface area contributed by atoms with Crippen molar-refractivity contribution in [2.45, 2.75) is 0 Å². The topological polar surface area (TPSA) is 70.7 Å². The van der Waals surface area contributed by atoms with Gasteiger partial charge in [-0.2, -0.15) is 5.10 Å². The first-order valence-corrected chi connectivity index (χ1v) is 5.58. The van der Waals surface area contributed by atoms with Crippen molar-refractivity contribution < 1.29 is 9.18 Å². The molecule has 0 saturated heterocycles. The van der Waals surface area contributed by atoms with Crippen LogP contribution < -0.4 is 5.32 Å². The largest absolute Gasteiger partial charge is 0.322 e. The molecular formula is C13H9FN4O. The van der Waals surface area contributed by atoms with Gasteiger partial charge >= 0.3 is 0 Å². The van der Waals surface area contributed by atoms with Crippen molar-refractivity contribution >= 4 is 22.5 Å². The fraction of sp³-hybridized carbons (Fsp3) is 0. The molecule has 3 rings (SSSR count). The van der Waals surface area contributed by atoms with E-state index in [1.165, 1.54) is 12.3 Å². The van der Waals surface area contributed by atoms with E-state index in [1.54, 1.807) is 18.3 Å². The van der Waals surface area contributed by atoms with Gasteiger partial charge < -0.3 is 5.32 Å². The molecule has 2 N–H and O–H groups in total. The molecule has 0 aliphatic heterocycles. The van der Waals surface area contributed by atoms with Crippen LogP contribution in [-0.4, -0.2) is 21.1 Å². The van der Waals surface area contributed by atoms with Gasteiger partial charge in [0.25, 0.3) is 5.91 Å². The van der Waals surface area contributed by atoms with Gasteiger partial charge in [-0.1, -0.05) is 0 Å². The molecule has 3 aromatic rings. The normalized spacial score (nSPS) is 10.6. The number of carbonyl (C=O) groups excluding carboxylic acids is 1.